The largest absolute Gasteiger partial charge is 0.503 e. The third kappa shape index (κ3) is 3.18. The second-order valence-electron chi connectivity index (χ2n) is 7.35. The molecule has 0 radical (unpaired) electrons. The molecule has 0 unspecified atom stereocenters. The van der Waals surface area contributed by atoms with Crippen molar-refractivity contribution in [1.29, 1.82) is 0 Å². The Hall–Kier alpha value is -3.48. The zero-order valence-corrected chi connectivity index (χ0v) is 16.7. The number of carbonyl (C=O) groups is 1. The number of aliphatic imine (C=N–C) groups is 1. The van der Waals surface area contributed by atoms with E-state index in [9.17, 15) is 9.90 Å². The molecule has 1 amide bonds. The van der Waals surface area contributed by atoms with Gasteiger partial charge in [-0.05, 0) is 50.3 Å². The lowest BCUT2D eigenvalue weighted by Crippen LogP contribution is -2.29. The number of phenolic OH excluding ortho intramolecular Hbond substituents is 1. The van der Waals surface area contributed by atoms with E-state index < -0.39 is 5.60 Å². The third-order valence-corrected chi connectivity index (χ3v) is 4.91. The van der Waals surface area contributed by atoms with E-state index in [2.05, 4.69) is 10.3 Å². The van der Waals surface area contributed by atoms with E-state index in [-0.39, 0.29) is 29.6 Å². The van der Waals surface area contributed by atoms with Crippen molar-refractivity contribution in [2.24, 2.45) is 4.99 Å². The first-order valence-electron chi connectivity index (χ1n) is 9.19. The Balaban J connectivity index is 1.96. The second-order valence-corrected chi connectivity index (χ2v) is 7.35. The first-order valence-corrected chi connectivity index (χ1v) is 9.19. The number of nitrogens with one attached hydrogen (secondary N) is 1. The summed E-state index contributed by atoms with van der Waals surface area (Å²) in [6.07, 6.45) is 3.93. The number of phenols is 1. The maximum Gasteiger partial charge on any atom is 0.246 e. The molecule has 0 saturated carbocycles. The maximum absolute atomic E-state index is 12.2. The van der Waals surface area contributed by atoms with Gasteiger partial charge in [0, 0.05) is 11.1 Å². The number of anilines is 1. The maximum atomic E-state index is 12.2. The van der Waals surface area contributed by atoms with Gasteiger partial charge in [-0.15, -0.1) is 0 Å². The van der Waals surface area contributed by atoms with Gasteiger partial charge < -0.3 is 24.6 Å². The predicted molar refractivity (Wildman–Crippen MR) is 111 cm³/mol. The number of aromatic hydroxyl groups is 1. The summed E-state index contributed by atoms with van der Waals surface area (Å²) in [6.45, 7) is 3.84. The van der Waals surface area contributed by atoms with E-state index in [1.165, 1.54) is 7.11 Å². The quantitative estimate of drug-likeness (QED) is 0.779. The number of methoxy groups -OCH3 is 2. The fourth-order valence-electron chi connectivity index (χ4n) is 3.50. The lowest BCUT2D eigenvalue weighted by Gasteiger charge is -2.30. The Bertz CT molecular complexity index is 1070. The molecule has 7 heteroatoms. The summed E-state index contributed by atoms with van der Waals surface area (Å²) in [7, 11) is 3.06. The average molecular weight is 394 g/mol. The standard InChI is InChI=1S/C22H22N2O5/c1-22(2)10-9-12-15(27-3)7-6-14(21(12)29-22)18-13-5-8-16(28-4)20(26)19(13)24-17(25)11-23-18/h5-10,26H,11H2,1-4H3,(H,24,25). The minimum Gasteiger partial charge on any atom is -0.503 e. The summed E-state index contributed by atoms with van der Waals surface area (Å²) < 4.78 is 16.9. The highest BCUT2D eigenvalue weighted by atomic mass is 16.5. The molecular weight excluding hydrogens is 372 g/mol. The molecular formula is C22H22N2O5. The highest BCUT2D eigenvalue weighted by Crippen LogP contribution is 2.43. The van der Waals surface area contributed by atoms with Gasteiger partial charge in [-0.25, -0.2) is 0 Å². The molecule has 0 spiro atoms. The Kier molecular flexibility index (Phi) is 4.45. The number of carbonyl (C=O) groups excluding carboxylic acids is 1. The van der Waals surface area contributed by atoms with Crippen molar-refractivity contribution in [3.8, 4) is 23.0 Å². The summed E-state index contributed by atoms with van der Waals surface area (Å²) in [6, 6.07) is 7.10. The van der Waals surface area contributed by atoms with Crippen LogP contribution in [0.25, 0.3) is 6.08 Å². The van der Waals surface area contributed by atoms with E-state index in [4.69, 9.17) is 14.2 Å². The zero-order valence-electron chi connectivity index (χ0n) is 16.7. The topological polar surface area (TPSA) is 89.4 Å². The van der Waals surface area contributed by atoms with Crippen molar-refractivity contribution in [2.45, 2.75) is 19.4 Å². The molecule has 29 heavy (non-hydrogen) atoms. The Morgan fingerprint density at radius 1 is 1.10 bits per heavy atom. The summed E-state index contributed by atoms with van der Waals surface area (Å²) in [4.78, 5) is 16.8. The summed E-state index contributed by atoms with van der Waals surface area (Å²) >= 11 is 0. The van der Waals surface area contributed by atoms with Gasteiger partial charge >= 0.3 is 0 Å². The van der Waals surface area contributed by atoms with Crippen molar-refractivity contribution in [3.05, 3.63) is 47.0 Å². The monoisotopic (exact) mass is 394 g/mol. The van der Waals surface area contributed by atoms with Crippen LogP contribution in [0.3, 0.4) is 0 Å². The van der Waals surface area contributed by atoms with E-state index in [0.717, 1.165) is 5.56 Å². The molecule has 4 rings (SSSR count). The highest BCUT2D eigenvalue weighted by Gasteiger charge is 2.30. The first-order chi connectivity index (χ1) is 13.8. The van der Waals surface area contributed by atoms with Crippen LogP contribution in [0.2, 0.25) is 0 Å². The molecule has 0 bridgehead atoms. The average Bonchev–Trinajstić information content (AvgIpc) is 2.86. The molecule has 150 valence electrons. The van der Waals surface area contributed by atoms with Crippen molar-refractivity contribution >= 4 is 23.4 Å². The van der Waals surface area contributed by atoms with Gasteiger partial charge in [0.05, 0.1) is 31.2 Å². The molecule has 0 saturated heterocycles. The molecule has 2 aromatic rings. The first kappa shape index (κ1) is 18.9. The van der Waals surface area contributed by atoms with Gasteiger partial charge in [0.15, 0.2) is 11.5 Å². The molecule has 2 aliphatic heterocycles. The van der Waals surface area contributed by atoms with E-state index in [0.29, 0.717) is 28.3 Å². The Morgan fingerprint density at radius 2 is 1.79 bits per heavy atom. The van der Waals surface area contributed by atoms with Gasteiger partial charge in [0.25, 0.3) is 0 Å². The fraction of sp³-hybridized carbons (Fsp3) is 0.273. The Labute approximate surface area is 168 Å². The summed E-state index contributed by atoms with van der Waals surface area (Å²) in [5.41, 5.74) is 2.38. The second kappa shape index (κ2) is 6.84. The van der Waals surface area contributed by atoms with Crippen LogP contribution in [0.5, 0.6) is 23.0 Å². The predicted octanol–water partition coefficient (Wildman–Crippen LogP) is 3.38. The fourth-order valence-corrected chi connectivity index (χ4v) is 3.50. The lowest BCUT2D eigenvalue weighted by atomic mass is 9.93. The number of amides is 1. The van der Waals surface area contributed by atoms with Crippen LogP contribution in [-0.4, -0.2) is 43.1 Å². The van der Waals surface area contributed by atoms with E-state index in [1.54, 1.807) is 19.2 Å². The van der Waals surface area contributed by atoms with Gasteiger partial charge in [-0.2, -0.15) is 0 Å². The molecule has 0 atom stereocenters. The van der Waals surface area contributed by atoms with E-state index in [1.807, 2.05) is 38.1 Å². The van der Waals surface area contributed by atoms with E-state index >= 15 is 0 Å². The highest BCUT2D eigenvalue weighted by molar-refractivity contribution is 6.21. The normalized spacial score (nSPS) is 16.6. The Morgan fingerprint density at radius 3 is 2.52 bits per heavy atom. The van der Waals surface area contributed by atoms with Crippen molar-refractivity contribution in [2.75, 3.05) is 26.1 Å². The smallest absolute Gasteiger partial charge is 0.246 e. The van der Waals surface area contributed by atoms with Crippen LogP contribution in [0.4, 0.5) is 5.69 Å². The number of benzene rings is 2. The number of fused-ring (bicyclic) bond motifs is 2. The van der Waals surface area contributed by atoms with Gasteiger partial charge in [-0.3, -0.25) is 9.79 Å². The number of benzodiazepines with no additional fused rings is 1. The molecule has 2 heterocycles. The van der Waals surface area contributed by atoms with Crippen LogP contribution in [-0.2, 0) is 4.79 Å². The molecule has 2 aromatic carbocycles. The SMILES string of the molecule is COc1ccc2c(c1O)NC(=O)CN=C2c1ccc(OC)c2c1OC(C)(C)C=C2. The molecule has 7 nitrogen and oxygen atoms in total. The summed E-state index contributed by atoms with van der Waals surface area (Å²) in [5, 5.41) is 13.3. The minimum atomic E-state index is -0.516. The molecule has 0 fully saturated rings. The lowest BCUT2D eigenvalue weighted by molar-refractivity contribution is -0.114. The van der Waals surface area contributed by atoms with Crippen LogP contribution in [0, 0.1) is 0 Å². The number of nitrogens with zero attached hydrogens (tertiary/aromatic N) is 1. The molecule has 0 aromatic heterocycles. The number of hydrogen-bond acceptors (Lipinski definition) is 6. The minimum absolute atomic E-state index is 0.0776. The van der Waals surface area contributed by atoms with Gasteiger partial charge in [-0.1, -0.05) is 0 Å². The number of rotatable bonds is 3. The number of ether oxygens (including phenoxy) is 3. The van der Waals surface area contributed by atoms with Crippen molar-refractivity contribution < 1.29 is 24.1 Å². The van der Waals surface area contributed by atoms with Crippen LogP contribution >= 0.6 is 0 Å². The van der Waals surface area contributed by atoms with Crippen LogP contribution in [0.1, 0.15) is 30.5 Å². The molecule has 2 aliphatic rings. The van der Waals surface area contributed by atoms with Gasteiger partial charge in [0.1, 0.15) is 23.6 Å². The van der Waals surface area contributed by atoms with Gasteiger partial charge in [0.2, 0.25) is 5.91 Å². The number of hydrogen-bond donors (Lipinski definition) is 2. The third-order valence-electron chi connectivity index (χ3n) is 4.91. The van der Waals surface area contributed by atoms with Crippen LogP contribution < -0.4 is 19.5 Å². The van der Waals surface area contributed by atoms with Crippen molar-refractivity contribution in [1.82, 2.24) is 0 Å². The molecule has 0 aliphatic carbocycles. The zero-order chi connectivity index (χ0) is 20.8. The van der Waals surface area contributed by atoms with Crippen molar-refractivity contribution in [3.63, 3.8) is 0 Å². The molecule has 2 N–H and O–H groups in total. The summed E-state index contributed by atoms with van der Waals surface area (Å²) in [5.74, 6) is 1.09. The van der Waals surface area contributed by atoms with Crippen LogP contribution in [0.15, 0.2) is 35.3 Å².